The van der Waals surface area contributed by atoms with Crippen LogP contribution in [0.1, 0.15) is 52.3 Å². The summed E-state index contributed by atoms with van der Waals surface area (Å²) in [6.07, 6.45) is 2.75. The third-order valence-electron chi connectivity index (χ3n) is 4.38. The van der Waals surface area contributed by atoms with Gasteiger partial charge in [-0.1, -0.05) is 13.8 Å². The second kappa shape index (κ2) is 5.31. The molecule has 5 heteroatoms. The predicted molar refractivity (Wildman–Crippen MR) is 74.9 cm³/mol. The number of carbonyl (C=O) groups excluding carboxylic acids is 2. The first-order valence-corrected chi connectivity index (χ1v) is 7.15. The summed E-state index contributed by atoms with van der Waals surface area (Å²) in [6, 6.07) is 2.87. The van der Waals surface area contributed by atoms with E-state index < -0.39 is 11.6 Å². The lowest BCUT2D eigenvalue weighted by atomic mass is 9.86. The summed E-state index contributed by atoms with van der Waals surface area (Å²) < 4.78 is 5.39. The van der Waals surface area contributed by atoms with E-state index in [9.17, 15) is 9.59 Å². The highest BCUT2D eigenvalue weighted by Gasteiger charge is 2.49. The number of nitrogens with one attached hydrogen (secondary N) is 1. The summed E-state index contributed by atoms with van der Waals surface area (Å²) in [7, 11) is 0. The standard InChI is InChI=1S/C15H22N2O3/c1-5-15(6-2)14(19)17(11(4)13(18)16-15)10(3)12-8-7-9-20-12/h7-11H,5-6H2,1-4H3,(H,16,18). The molecule has 0 aromatic carbocycles. The zero-order chi connectivity index (χ0) is 14.9. The van der Waals surface area contributed by atoms with Gasteiger partial charge in [0.1, 0.15) is 17.3 Å². The first-order chi connectivity index (χ1) is 9.46. The Bertz CT molecular complexity index is 491. The van der Waals surface area contributed by atoms with Gasteiger partial charge in [0.2, 0.25) is 11.8 Å². The van der Waals surface area contributed by atoms with Gasteiger partial charge < -0.3 is 14.6 Å². The molecule has 1 aliphatic rings. The van der Waals surface area contributed by atoms with E-state index in [4.69, 9.17) is 4.42 Å². The van der Waals surface area contributed by atoms with Crippen LogP contribution < -0.4 is 5.32 Å². The zero-order valence-corrected chi connectivity index (χ0v) is 12.5. The Kier molecular flexibility index (Phi) is 3.88. The molecule has 2 rings (SSSR count). The van der Waals surface area contributed by atoms with E-state index in [1.165, 1.54) is 0 Å². The van der Waals surface area contributed by atoms with Gasteiger partial charge in [-0.05, 0) is 38.8 Å². The lowest BCUT2D eigenvalue weighted by Gasteiger charge is -2.46. The van der Waals surface area contributed by atoms with E-state index in [0.717, 1.165) is 0 Å². The van der Waals surface area contributed by atoms with Crippen LogP contribution in [0.15, 0.2) is 22.8 Å². The fraction of sp³-hybridized carbons (Fsp3) is 0.600. The van der Waals surface area contributed by atoms with Crippen molar-refractivity contribution in [3.05, 3.63) is 24.2 Å². The molecule has 5 nitrogen and oxygen atoms in total. The Morgan fingerprint density at radius 3 is 2.55 bits per heavy atom. The van der Waals surface area contributed by atoms with Gasteiger partial charge in [-0.3, -0.25) is 9.59 Å². The van der Waals surface area contributed by atoms with Crippen LogP contribution in [0.3, 0.4) is 0 Å². The summed E-state index contributed by atoms with van der Waals surface area (Å²) in [5.41, 5.74) is -0.787. The van der Waals surface area contributed by atoms with Crippen molar-refractivity contribution in [3.63, 3.8) is 0 Å². The van der Waals surface area contributed by atoms with Crippen LogP contribution in [0.25, 0.3) is 0 Å². The summed E-state index contributed by atoms with van der Waals surface area (Å²) in [4.78, 5) is 26.7. The molecule has 2 unspecified atom stereocenters. The fourth-order valence-electron chi connectivity index (χ4n) is 2.85. The predicted octanol–water partition coefficient (Wildman–Crippen LogP) is 2.25. The monoisotopic (exact) mass is 278 g/mol. The molecule has 110 valence electrons. The fourth-order valence-corrected chi connectivity index (χ4v) is 2.85. The van der Waals surface area contributed by atoms with Gasteiger partial charge in [-0.25, -0.2) is 0 Å². The van der Waals surface area contributed by atoms with Crippen LogP contribution in [0, 0.1) is 0 Å². The average molecular weight is 278 g/mol. The molecule has 2 heterocycles. The SMILES string of the molecule is CCC1(CC)NC(=O)C(C)N(C(C)c2ccco2)C1=O. The molecular formula is C15H22N2O3. The van der Waals surface area contributed by atoms with E-state index in [-0.39, 0.29) is 17.9 Å². The molecule has 1 aliphatic heterocycles. The highest BCUT2D eigenvalue weighted by Crippen LogP contribution is 2.32. The topological polar surface area (TPSA) is 62.6 Å². The van der Waals surface area contributed by atoms with Crippen molar-refractivity contribution in [1.29, 1.82) is 0 Å². The molecule has 0 saturated carbocycles. The highest BCUT2D eigenvalue weighted by molar-refractivity contribution is 5.99. The number of hydrogen-bond acceptors (Lipinski definition) is 3. The van der Waals surface area contributed by atoms with Crippen molar-refractivity contribution >= 4 is 11.8 Å². The van der Waals surface area contributed by atoms with Gasteiger partial charge in [0.25, 0.3) is 0 Å². The van der Waals surface area contributed by atoms with Gasteiger partial charge >= 0.3 is 0 Å². The van der Waals surface area contributed by atoms with Gasteiger partial charge in [-0.2, -0.15) is 0 Å². The molecule has 0 aliphatic carbocycles. The molecule has 1 saturated heterocycles. The Morgan fingerprint density at radius 2 is 2.05 bits per heavy atom. The number of furan rings is 1. The van der Waals surface area contributed by atoms with Crippen molar-refractivity contribution in [2.45, 2.75) is 58.2 Å². The first kappa shape index (κ1) is 14.6. The molecule has 2 amide bonds. The van der Waals surface area contributed by atoms with Crippen molar-refractivity contribution in [3.8, 4) is 0 Å². The van der Waals surface area contributed by atoms with Gasteiger partial charge in [0, 0.05) is 0 Å². The second-order valence-corrected chi connectivity index (χ2v) is 5.36. The molecule has 20 heavy (non-hydrogen) atoms. The van der Waals surface area contributed by atoms with Crippen molar-refractivity contribution < 1.29 is 14.0 Å². The zero-order valence-electron chi connectivity index (χ0n) is 12.5. The van der Waals surface area contributed by atoms with Crippen molar-refractivity contribution in [1.82, 2.24) is 10.2 Å². The number of carbonyl (C=O) groups is 2. The molecule has 1 aromatic heterocycles. The van der Waals surface area contributed by atoms with E-state index in [1.54, 1.807) is 24.2 Å². The van der Waals surface area contributed by atoms with Crippen LogP contribution in [0.4, 0.5) is 0 Å². The van der Waals surface area contributed by atoms with Gasteiger partial charge in [-0.15, -0.1) is 0 Å². The Labute approximate surface area is 119 Å². The smallest absolute Gasteiger partial charge is 0.249 e. The molecule has 0 spiro atoms. The molecule has 2 atom stereocenters. The summed E-state index contributed by atoms with van der Waals surface area (Å²) in [5, 5.41) is 2.90. The van der Waals surface area contributed by atoms with Crippen molar-refractivity contribution in [2.24, 2.45) is 0 Å². The maximum Gasteiger partial charge on any atom is 0.249 e. The van der Waals surface area contributed by atoms with E-state index >= 15 is 0 Å². The third-order valence-corrected chi connectivity index (χ3v) is 4.38. The Hall–Kier alpha value is -1.78. The van der Waals surface area contributed by atoms with Gasteiger partial charge in [0.15, 0.2) is 0 Å². The number of nitrogens with zero attached hydrogens (tertiary/aromatic N) is 1. The molecule has 0 bridgehead atoms. The highest BCUT2D eigenvalue weighted by atomic mass is 16.3. The summed E-state index contributed by atoms with van der Waals surface area (Å²) in [6.45, 7) is 7.49. The van der Waals surface area contributed by atoms with Crippen LogP contribution >= 0.6 is 0 Å². The summed E-state index contributed by atoms with van der Waals surface area (Å²) in [5.74, 6) is 0.561. The van der Waals surface area contributed by atoms with Crippen LogP contribution in [-0.2, 0) is 9.59 Å². The molecule has 1 aromatic rings. The number of hydrogen-bond donors (Lipinski definition) is 1. The second-order valence-electron chi connectivity index (χ2n) is 5.36. The summed E-state index contributed by atoms with van der Waals surface area (Å²) >= 11 is 0. The molecule has 1 fully saturated rings. The maximum atomic E-state index is 12.9. The number of rotatable bonds is 4. The van der Waals surface area contributed by atoms with E-state index in [2.05, 4.69) is 5.32 Å². The van der Waals surface area contributed by atoms with Gasteiger partial charge in [0.05, 0.1) is 12.3 Å². The minimum absolute atomic E-state index is 0.0292. The normalized spacial score (nSPS) is 23.6. The van der Waals surface area contributed by atoms with Crippen molar-refractivity contribution in [2.75, 3.05) is 0 Å². The Balaban J connectivity index is 2.38. The quantitative estimate of drug-likeness (QED) is 0.918. The minimum Gasteiger partial charge on any atom is -0.467 e. The first-order valence-electron chi connectivity index (χ1n) is 7.15. The van der Waals surface area contributed by atoms with E-state index in [1.807, 2.05) is 26.8 Å². The lowest BCUT2D eigenvalue weighted by molar-refractivity contribution is -0.158. The molecule has 0 radical (unpaired) electrons. The third kappa shape index (κ3) is 2.11. The lowest BCUT2D eigenvalue weighted by Crippen LogP contribution is -2.69. The number of amides is 2. The maximum absolute atomic E-state index is 12.9. The van der Waals surface area contributed by atoms with Crippen LogP contribution in [0.2, 0.25) is 0 Å². The minimum atomic E-state index is -0.787. The molecule has 1 N–H and O–H groups in total. The van der Waals surface area contributed by atoms with E-state index in [0.29, 0.717) is 18.6 Å². The van der Waals surface area contributed by atoms with Crippen LogP contribution in [0.5, 0.6) is 0 Å². The molecular weight excluding hydrogens is 256 g/mol. The largest absolute Gasteiger partial charge is 0.467 e. The number of piperazine rings is 1. The Morgan fingerprint density at radius 1 is 1.40 bits per heavy atom. The average Bonchev–Trinajstić information content (AvgIpc) is 2.97. The van der Waals surface area contributed by atoms with Crippen LogP contribution in [-0.4, -0.2) is 28.3 Å².